The molecule has 1 amide bonds. The number of carbonyl (C=O) groups excluding carboxylic acids is 1. The monoisotopic (exact) mass is 285 g/mol. The maximum Gasteiger partial charge on any atom is 0.254 e. The van der Waals surface area contributed by atoms with Gasteiger partial charge in [0, 0.05) is 18.5 Å². The number of halogens is 2. The minimum Gasteiger partial charge on any atom is -0.508 e. The number of alkyl halides is 1. The fourth-order valence-corrected chi connectivity index (χ4v) is 3.00. The van der Waals surface area contributed by atoms with E-state index in [1.165, 1.54) is 12.1 Å². The van der Waals surface area contributed by atoms with Crippen LogP contribution in [0.25, 0.3) is 0 Å². The molecule has 2 atom stereocenters. The highest BCUT2D eigenvalue weighted by Gasteiger charge is 2.27. The molecule has 0 saturated heterocycles. The normalized spacial score (nSPS) is 22.4. The summed E-state index contributed by atoms with van der Waals surface area (Å²) in [7, 11) is 0. The quantitative estimate of drug-likeness (QED) is 0.836. The second-order valence-corrected chi connectivity index (χ2v) is 5.29. The number of phenolic OH excluding ortho intramolecular Hbond substituents is 1. The summed E-state index contributed by atoms with van der Waals surface area (Å²) in [5.74, 6) is 0.0736. The molecule has 1 aliphatic carbocycles. The maximum atomic E-state index is 13.5. The third-order valence-corrected chi connectivity index (χ3v) is 4.13. The van der Waals surface area contributed by atoms with E-state index in [0.29, 0.717) is 24.3 Å². The number of hydrogen-bond acceptors (Lipinski definition) is 2. The summed E-state index contributed by atoms with van der Waals surface area (Å²) in [5, 5.41) is 11.8. The van der Waals surface area contributed by atoms with Crippen molar-refractivity contribution < 1.29 is 14.3 Å². The average molecular weight is 286 g/mol. The first kappa shape index (κ1) is 14.1. The second-order valence-electron chi connectivity index (χ2n) is 4.98. The highest BCUT2D eigenvalue weighted by Crippen LogP contribution is 2.32. The standard InChI is InChI=1S/C14H17ClFNO2/c15-7-9-2-1-3-10(9)8-17-14(19)12-5-4-11(18)6-13(12)16/h4-6,9-10,18H,1-3,7-8H2,(H,17,19). The molecule has 104 valence electrons. The van der Waals surface area contributed by atoms with Crippen LogP contribution in [-0.2, 0) is 0 Å². The van der Waals surface area contributed by atoms with Crippen LogP contribution in [0.4, 0.5) is 4.39 Å². The molecule has 19 heavy (non-hydrogen) atoms. The number of aromatic hydroxyl groups is 1. The van der Waals surface area contributed by atoms with Gasteiger partial charge >= 0.3 is 0 Å². The predicted molar refractivity (Wildman–Crippen MR) is 71.9 cm³/mol. The summed E-state index contributed by atoms with van der Waals surface area (Å²) in [5.41, 5.74) is -0.0433. The maximum absolute atomic E-state index is 13.5. The molecule has 2 unspecified atom stereocenters. The van der Waals surface area contributed by atoms with Crippen molar-refractivity contribution in [3.8, 4) is 5.75 Å². The summed E-state index contributed by atoms with van der Waals surface area (Å²) in [6.45, 7) is 0.524. The van der Waals surface area contributed by atoms with Gasteiger partial charge < -0.3 is 10.4 Å². The van der Waals surface area contributed by atoms with Gasteiger partial charge in [0.1, 0.15) is 11.6 Å². The molecular weight excluding hydrogens is 269 g/mol. The van der Waals surface area contributed by atoms with Crippen LogP contribution in [0.3, 0.4) is 0 Å². The lowest BCUT2D eigenvalue weighted by Crippen LogP contribution is -2.31. The first-order valence-corrected chi connectivity index (χ1v) is 6.98. The van der Waals surface area contributed by atoms with Gasteiger partial charge in [-0.2, -0.15) is 0 Å². The second kappa shape index (κ2) is 6.24. The number of rotatable bonds is 4. The topological polar surface area (TPSA) is 49.3 Å². The van der Waals surface area contributed by atoms with Gasteiger partial charge in [-0.1, -0.05) is 6.42 Å². The van der Waals surface area contributed by atoms with E-state index in [0.717, 1.165) is 25.3 Å². The van der Waals surface area contributed by atoms with Crippen molar-refractivity contribution in [2.45, 2.75) is 19.3 Å². The van der Waals surface area contributed by atoms with Crippen LogP contribution in [0.2, 0.25) is 0 Å². The van der Waals surface area contributed by atoms with E-state index < -0.39 is 11.7 Å². The van der Waals surface area contributed by atoms with E-state index in [4.69, 9.17) is 16.7 Å². The number of nitrogens with one attached hydrogen (secondary N) is 1. The van der Waals surface area contributed by atoms with E-state index in [1.54, 1.807) is 0 Å². The van der Waals surface area contributed by atoms with Gasteiger partial charge in [-0.3, -0.25) is 4.79 Å². The molecule has 1 aromatic carbocycles. The van der Waals surface area contributed by atoms with Crippen molar-refractivity contribution >= 4 is 17.5 Å². The first-order valence-electron chi connectivity index (χ1n) is 6.44. The molecule has 1 saturated carbocycles. The minimum absolute atomic E-state index is 0.0433. The van der Waals surface area contributed by atoms with Gasteiger partial charge in [0.25, 0.3) is 5.91 Å². The largest absolute Gasteiger partial charge is 0.508 e. The van der Waals surface area contributed by atoms with Crippen LogP contribution in [0.5, 0.6) is 5.75 Å². The number of benzene rings is 1. The lowest BCUT2D eigenvalue weighted by molar-refractivity contribution is 0.0940. The fraction of sp³-hybridized carbons (Fsp3) is 0.500. The van der Waals surface area contributed by atoms with Crippen molar-refractivity contribution in [1.82, 2.24) is 5.32 Å². The van der Waals surface area contributed by atoms with E-state index in [-0.39, 0.29) is 11.3 Å². The van der Waals surface area contributed by atoms with Gasteiger partial charge in [-0.15, -0.1) is 11.6 Å². The van der Waals surface area contributed by atoms with E-state index in [1.807, 2.05) is 0 Å². The molecule has 1 aromatic rings. The Hall–Kier alpha value is -1.29. The van der Waals surface area contributed by atoms with Gasteiger partial charge in [-0.25, -0.2) is 4.39 Å². The fourth-order valence-electron chi connectivity index (χ4n) is 2.59. The van der Waals surface area contributed by atoms with Gasteiger partial charge in [0.05, 0.1) is 5.56 Å². The zero-order valence-electron chi connectivity index (χ0n) is 10.5. The zero-order valence-corrected chi connectivity index (χ0v) is 11.3. The van der Waals surface area contributed by atoms with Crippen LogP contribution in [0.15, 0.2) is 18.2 Å². The smallest absolute Gasteiger partial charge is 0.254 e. The van der Waals surface area contributed by atoms with Crippen molar-refractivity contribution in [1.29, 1.82) is 0 Å². The Morgan fingerprint density at radius 2 is 2.16 bits per heavy atom. The number of carbonyl (C=O) groups is 1. The van der Waals surface area contributed by atoms with E-state index in [2.05, 4.69) is 5.32 Å². The summed E-state index contributed by atoms with van der Waals surface area (Å²) in [6.07, 6.45) is 3.28. The first-order chi connectivity index (χ1) is 9.11. The highest BCUT2D eigenvalue weighted by atomic mass is 35.5. The Kier molecular flexibility index (Phi) is 4.64. The molecule has 0 radical (unpaired) electrons. The Morgan fingerprint density at radius 1 is 1.42 bits per heavy atom. The average Bonchev–Trinajstić information content (AvgIpc) is 2.83. The third-order valence-electron chi connectivity index (χ3n) is 3.74. The molecule has 0 heterocycles. The Bertz CT molecular complexity index is 467. The molecule has 0 aromatic heterocycles. The van der Waals surface area contributed by atoms with Crippen molar-refractivity contribution in [2.75, 3.05) is 12.4 Å². The molecule has 3 nitrogen and oxygen atoms in total. The molecule has 0 aliphatic heterocycles. The summed E-state index contributed by atoms with van der Waals surface area (Å²) < 4.78 is 13.5. The van der Waals surface area contributed by atoms with E-state index >= 15 is 0 Å². The van der Waals surface area contributed by atoms with Gasteiger partial charge in [-0.05, 0) is 36.8 Å². The Balaban J connectivity index is 1.94. The zero-order chi connectivity index (χ0) is 13.8. The van der Waals surface area contributed by atoms with Crippen molar-refractivity contribution in [2.24, 2.45) is 11.8 Å². The summed E-state index contributed by atoms with van der Waals surface area (Å²) in [6, 6.07) is 3.52. The third kappa shape index (κ3) is 3.38. The Labute approximate surface area is 116 Å². The molecule has 5 heteroatoms. The van der Waals surface area contributed by atoms with Crippen molar-refractivity contribution in [3.63, 3.8) is 0 Å². The molecule has 0 bridgehead atoms. The molecule has 2 rings (SSSR count). The molecule has 1 fully saturated rings. The number of amides is 1. The van der Waals surface area contributed by atoms with Crippen LogP contribution in [-0.4, -0.2) is 23.4 Å². The lowest BCUT2D eigenvalue weighted by atomic mass is 9.98. The van der Waals surface area contributed by atoms with Gasteiger partial charge in [0.2, 0.25) is 0 Å². The molecular formula is C14H17ClFNO2. The predicted octanol–water partition coefficient (Wildman–Crippen LogP) is 2.92. The highest BCUT2D eigenvalue weighted by molar-refractivity contribution is 6.18. The van der Waals surface area contributed by atoms with Gasteiger partial charge in [0.15, 0.2) is 0 Å². The minimum atomic E-state index is -0.710. The summed E-state index contributed by atoms with van der Waals surface area (Å²) >= 11 is 5.88. The SMILES string of the molecule is O=C(NCC1CCCC1CCl)c1ccc(O)cc1F. The summed E-state index contributed by atoms with van der Waals surface area (Å²) in [4.78, 5) is 11.9. The van der Waals surface area contributed by atoms with Crippen LogP contribution in [0.1, 0.15) is 29.6 Å². The van der Waals surface area contributed by atoms with Crippen LogP contribution < -0.4 is 5.32 Å². The lowest BCUT2D eigenvalue weighted by Gasteiger charge is -2.17. The van der Waals surface area contributed by atoms with E-state index in [9.17, 15) is 9.18 Å². The molecule has 0 spiro atoms. The van der Waals surface area contributed by atoms with Crippen LogP contribution >= 0.6 is 11.6 Å². The van der Waals surface area contributed by atoms with Crippen LogP contribution in [0, 0.1) is 17.7 Å². The Morgan fingerprint density at radius 3 is 2.84 bits per heavy atom. The number of hydrogen-bond donors (Lipinski definition) is 2. The molecule has 1 aliphatic rings. The molecule has 2 N–H and O–H groups in total. The van der Waals surface area contributed by atoms with Crippen molar-refractivity contribution in [3.05, 3.63) is 29.6 Å². The number of phenols is 1.